The second-order valence-corrected chi connectivity index (χ2v) is 11.6. The molecule has 0 saturated heterocycles. The van der Waals surface area contributed by atoms with E-state index in [2.05, 4.69) is 0 Å². The molecule has 4 heteroatoms. The van der Waals surface area contributed by atoms with Gasteiger partial charge in [-0.05, 0) is 57.6 Å². The Morgan fingerprint density at radius 1 is 0.408 bits per heavy atom. The first-order chi connectivity index (χ1) is 26.8. The van der Waals surface area contributed by atoms with E-state index in [-0.39, 0.29) is 69.6 Å². The fourth-order valence-electron chi connectivity index (χ4n) is 6.04. The Morgan fingerprint density at radius 3 is 1.63 bits per heavy atom. The molecule has 230 valence electrons. The summed E-state index contributed by atoms with van der Waals surface area (Å²) in [6.45, 7) is 0. The highest BCUT2D eigenvalue weighted by molar-refractivity contribution is 6.13. The Bertz CT molecular complexity index is 2920. The van der Waals surface area contributed by atoms with E-state index in [1.54, 1.807) is 0 Å². The lowest BCUT2D eigenvalue weighted by atomic mass is 9.96. The van der Waals surface area contributed by atoms with Gasteiger partial charge in [0.15, 0.2) is 17.5 Å². The van der Waals surface area contributed by atoms with Crippen LogP contribution in [-0.4, -0.2) is 15.0 Å². The number of fused-ring (bicyclic) bond motifs is 3. The molecule has 2 heterocycles. The molecule has 0 amide bonds. The third-order valence-corrected chi connectivity index (χ3v) is 8.47. The Kier molecular flexibility index (Phi) is 5.67. The van der Waals surface area contributed by atoms with Crippen molar-refractivity contribution in [2.75, 3.05) is 0 Å². The molecule has 0 radical (unpaired) electrons. The van der Waals surface area contributed by atoms with E-state index < -0.39 is 0 Å². The minimum atomic E-state index is -0.342. The number of furan rings is 1. The monoisotopic (exact) mass is 633 g/mol. The van der Waals surface area contributed by atoms with Crippen molar-refractivity contribution in [1.82, 2.24) is 15.0 Å². The fourth-order valence-corrected chi connectivity index (χ4v) is 6.04. The van der Waals surface area contributed by atoms with Gasteiger partial charge < -0.3 is 4.42 Å². The minimum absolute atomic E-state index is 0.0185. The van der Waals surface area contributed by atoms with Crippen LogP contribution < -0.4 is 0 Å². The molecule has 0 aliphatic rings. The van der Waals surface area contributed by atoms with Crippen LogP contribution in [0.4, 0.5) is 0 Å². The first-order valence-corrected chi connectivity index (χ1v) is 15.9. The quantitative estimate of drug-likeness (QED) is 0.183. The zero-order chi connectivity index (χ0) is 37.8. The molecule has 49 heavy (non-hydrogen) atoms. The SMILES string of the molecule is [2H]c1c([2H])c(-c2ccc(-c3ccccc3)cc2)c2c(oc3c([2H])c(-c4nc(-c5ccccc5)nc(-c5cccc(-c6ccccc6)c5)n4)c([2H])c([2H])c32)c1[2H]. The summed E-state index contributed by atoms with van der Waals surface area (Å²) in [5.74, 6) is 0.669. The van der Waals surface area contributed by atoms with Gasteiger partial charge in [-0.2, -0.15) is 0 Å². The van der Waals surface area contributed by atoms with Gasteiger partial charge in [0.25, 0.3) is 0 Å². The smallest absolute Gasteiger partial charge is 0.164 e. The third kappa shape index (κ3) is 5.45. The maximum atomic E-state index is 9.47. The van der Waals surface area contributed by atoms with Crippen LogP contribution in [0.1, 0.15) is 8.22 Å². The van der Waals surface area contributed by atoms with Crippen molar-refractivity contribution in [3.63, 3.8) is 0 Å². The second-order valence-electron chi connectivity index (χ2n) is 11.6. The molecule has 9 rings (SSSR count). The van der Waals surface area contributed by atoms with Gasteiger partial charge in [-0.25, -0.2) is 15.0 Å². The molecule has 0 fully saturated rings. The van der Waals surface area contributed by atoms with Crippen molar-refractivity contribution in [1.29, 1.82) is 0 Å². The van der Waals surface area contributed by atoms with E-state index in [1.807, 2.05) is 140 Å². The molecule has 0 spiro atoms. The molecule has 0 saturated carbocycles. The molecule has 0 aliphatic carbocycles. The molecular formula is C45H29N3O. The third-order valence-electron chi connectivity index (χ3n) is 8.47. The first-order valence-electron chi connectivity index (χ1n) is 18.9. The number of hydrogen-bond acceptors (Lipinski definition) is 4. The molecule has 0 N–H and O–H groups in total. The van der Waals surface area contributed by atoms with Crippen LogP contribution in [0.5, 0.6) is 0 Å². The van der Waals surface area contributed by atoms with Crippen LogP contribution in [0.15, 0.2) is 180 Å². The van der Waals surface area contributed by atoms with E-state index >= 15 is 0 Å². The summed E-state index contributed by atoms with van der Waals surface area (Å²) < 4.78 is 60.9. The highest BCUT2D eigenvalue weighted by Gasteiger charge is 2.17. The van der Waals surface area contributed by atoms with Gasteiger partial charge >= 0.3 is 0 Å². The summed E-state index contributed by atoms with van der Waals surface area (Å²) in [6, 6.07) is 42.7. The molecule has 4 nitrogen and oxygen atoms in total. The molecule has 9 aromatic rings. The van der Waals surface area contributed by atoms with Crippen molar-refractivity contribution in [3.05, 3.63) is 176 Å². The summed E-state index contributed by atoms with van der Waals surface area (Å²) in [5.41, 5.74) is 6.11. The number of hydrogen-bond donors (Lipinski definition) is 0. The largest absolute Gasteiger partial charge is 0.456 e. The summed E-state index contributed by atoms with van der Waals surface area (Å²) in [4.78, 5) is 14.4. The van der Waals surface area contributed by atoms with Crippen molar-refractivity contribution in [3.8, 4) is 67.5 Å². The summed E-state index contributed by atoms with van der Waals surface area (Å²) >= 11 is 0. The predicted octanol–water partition coefficient (Wildman–Crippen LogP) is 11.8. The van der Waals surface area contributed by atoms with Gasteiger partial charge in [0.05, 0.1) is 8.22 Å². The summed E-state index contributed by atoms with van der Waals surface area (Å²) in [5, 5.41) is 0.358. The maximum Gasteiger partial charge on any atom is 0.164 e. The minimum Gasteiger partial charge on any atom is -0.456 e. The van der Waals surface area contributed by atoms with Crippen LogP contribution in [0.2, 0.25) is 0 Å². The van der Waals surface area contributed by atoms with E-state index in [4.69, 9.17) is 23.5 Å². The standard InChI is InChI=1S/C45H29N3O/c1-4-12-30(13-5-1)32-22-24-33(25-23-32)38-20-11-21-40-42(38)39-27-26-37(29-41(39)49-40)45-47-43(34-16-8-3-9-17-34)46-44(48-45)36-19-10-18-35(28-36)31-14-6-2-7-15-31/h1-29H/i11D,20D,21D,26D,27D,29D. The van der Waals surface area contributed by atoms with E-state index in [9.17, 15) is 4.11 Å². The van der Waals surface area contributed by atoms with Crippen molar-refractivity contribution in [2.24, 2.45) is 0 Å². The van der Waals surface area contributed by atoms with Crippen LogP contribution >= 0.6 is 0 Å². The Morgan fingerprint density at radius 2 is 0.939 bits per heavy atom. The lowest BCUT2D eigenvalue weighted by Gasteiger charge is -2.10. The molecule has 0 aliphatic heterocycles. The molecule has 7 aromatic carbocycles. The van der Waals surface area contributed by atoms with Crippen molar-refractivity contribution in [2.45, 2.75) is 0 Å². The zero-order valence-electron chi connectivity index (χ0n) is 32.0. The Balaban J connectivity index is 1.27. The van der Waals surface area contributed by atoms with Gasteiger partial charge in [0.2, 0.25) is 0 Å². The Hall–Kier alpha value is -6.65. The molecular weight excluding hydrogens is 599 g/mol. The van der Waals surface area contributed by atoms with E-state index in [1.165, 1.54) is 0 Å². The first kappa shape index (κ1) is 22.8. The summed E-state index contributed by atoms with van der Waals surface area (Å²) in [7, 11) is 0. The maximum absolute atomic E-state index is 9.47. The van der Waals surface area contributed by atoms with Gasteiger partial charge in [0.1, 0.15) is 11.2 Å². The normalized spacial score (nSPS) is 13.0. The number of nitrogens with zero attached hydrogens (tertiary/aromatic N) is 3. The van der Waals surface area contributed by atoms with Crippen LogP contribution in [0.25, 0.3) is 89.5 Å². The molecule has 0 unspecified atom stereocenters. The molecule has 2 aromatic heterocycles. The highest BCUT2D eigenvalue weighted by Crippen LogP contribution is 2.39. The van der Waals surface area contributed by atoms with Crippen molar-refractivity contribution >= 4 is 21.9 Å². The van der Waals surface area contributed by atoms with Crippen LogP contribution in [0.3, 0.4) is 0 Å². The zero-order valence-corrected chi connectivity index (χ0v) is 26.0. The number of benzene rings is 7. The summed E-state index contributed by atoms with van der Waals surface area (Å²) in [6.07, 6.45) is 0. The lowest BCUT2D eigenvalue weighted by Crippen LogP contribution is -2.00. The van der Waals surface area contributed by atoms with Crippen LogP contribution in [-0.2, 0) is 0 Å². The topological polar surface area (TPSA) is 51.8 Å². The van der Waals surface area contributed by atoms with E-state index in [0.29, 0.717) is 33.9 Å². The van der Waals surface area contributed by atoms with Crippen LogP contribution in [0, 0.1) is 0 Å². The number of rotatable bonds is 6. The fraction of sp³-hybridized carbons (Fsp3) is 0. The van der Waals surface area contributed by atoms with Gasteiger partial charge in [-0.15, -0.1) is 0 Å². The Labute approximate surface area is 292 Å². The predicted molar refractivity (Wildman–Crippen MR) is 200 cm³/mol. The average molecular weight is 634 g/mol. The van der Waals surface area contributed by atoms with Gasteiger partial charge in [-0.1, -0.05) is 152 Å². The van der Waals surface area contributed by atoms with E-state index in [0.717, 1.165) is 22.3 Å². The lowest BCUT2D eigenvalue weighted by molar-refractivity contribution is 0.669. The molecule has 0 atom stereocenters. The highest BCUT2D eigenvalue weighted by atomic mass is 16.3. The average Bonchev–Trinajstić information content (AvgIpc) is 3.64. The van der Waals surface area contributed by atoms with Gasteiger partial charge in [0, 0.05) is 27.5 Å². The van der Waals surface area contributed by atoms with Gasteiger partial charge in [-0.3, -0.25) is 0 Å². The molecule has 0 bridgehead atoms. The van der Waals surface area contributed by atoms with Crippen molar-refractivity contribution < 1.29 is 12.6 Å². The number of aromatic nitrogens is 3. The second kappa shape index (κ2) is 12.2.